The van der Waals surface area contributed by atoms with Gasteiger partial charge in [-0.2, -0.15) is 0 Å². The molecule has 0 saturated carbocycles. The fourth-order valence-electron chi connectivity index (χ4n) is 15.9. The minimum absolute atomic E-state index is 0.106. The van der Waals surface area contributed by atoms with Gasteiger partial charge >= 0.3 is 0 Å². The Labute approximate surface area is 663 Å². The Morgan fingerprint density at radius 3 is 0.711 bits per heavy atom. The van der Waals surface area contributed by atoms with Gasteiger partial charge < -0.3 is 0 Å². The summed E-state index contributed by atoms with van der Waals surface area (Å²) in [5, 5.41) is 0. The van der Waals surface area contributed by atoms with E-state index in [0.717, 1.165) is 112 Å². The molecule has 0 fully saturated rings. The van der Waals surface area contributed by atoms with E-state index in [-0.39, 0.29) is 10.8 Å². The first kappa shape index (κ1) is 69.7. The van der Waals surface area contributed by atoms with E-state index in [2.05, 4.69) is 246 Å². The van der Waals surface area contributed by atoms with Crippen molar-refractivity contribution in [1.82, 2.24) is 49.8 Å². The van der Waals surface area contributed by atoms with E-state index in [1.54, 1.807) is 0 Å². The molecular weight excluding hydrogens is 1390 g/mol. The average Bonchev–Trinajstić information content (AvgIpc) is 1.58. The molecule has 0 amide bonds. The van der Waals surface area contributed by atoms with Crippen LogP contribution in [0.3, 0.4) is 0 Å². The molecule has 2 aliphatic carbocycles. The number of rotatable bonds is 14. The van der Waals surface area contributed by atoms with Gasteiger partial charge in [-0.1, -0.05) is 367 Å². The number of benzene rings is 14. The normalized spacial score (nSPS) is 12.5. The van der Waals surface area contributed by atoms with Gasteiger partial charge in [-0.05, 0) is 103 Å². The summed E-state index contributed by atoms with van der Waals surface area (Å²) >= 11 is 0. The fourth-order valence-corrected chi connectivity index (χ4v) is 15.9. The highest BCUT2D eigenvalue weighted by Gasteiger charge is 2.37. The van der Waals surface area contributed by atoms with Crippen LogP contribution >= 0.6 is 0 Å². The molecule has 114 heavy (non-hydrogen) atoms. The second-order valence-corrected chi connectivity index (χ2v) is 29.9. The number of hydrogen-bond acceptors (Lipinski definition) is 10. The first-order valence-corrected chi connectivity index (χ1v) is 38.5. The summed E-state index contributed by atoms with van der Waals surface area (Å²) in [6.07, 6.45) is 0. The van der Waals surface area contributed by atoms with Crippen molar-refractivity contribution in [3.8, 4) is 181 Å². The molecule has 0 bridgehead atoms. The third-order valence-corrected chi connectivity index (χ3v) is 21.9. The molecule has 10 heteroatoms. The van der Waals surface area contributed by atoms with Crippen molar-refractivity contribution in [2.75, 3.05) is 0 Å². The molecule has 540 valence electrons. The zero-order valence-electron chi connectivity index (χ0n) is 63.3. The van der Waals surface area contributed by atoms with E-state index in [4.69, 9.17) is 49.8 Å². The van der Waals surface area contributed by atoms with Crippen molar-refractivity contribution in [3.63, 3.8) is 0 Å². The average molecular weight is 1460 g/mol. The molecule has 4 aromatic heterocycles. The first-order chi connectivity index (χ1) is 55.9. The minimum atomic E-state index is -0.133. The molecule has 0 radical (unpaired) electrons. The van der Waals surface area contributed by atoms with Gasteiger partial charge in [0.15, 0.2) is 46.6 Å². The molecule has 0 aliphatic heterocycles. The molecular formula is C104H74N10. The lowest BCUT2D eigenvalue weighted by Crippen LogP contribution is -2.15. The van der Waals surface area contributed by atoms with Crippen LogP contribution in [0, 0.1) is 0 Å². The Morgan fingerprint density at radius 2 is 0.360 bits per heavy atom. The Bertz CT molecular complexity index is 6500. The van der Waals surface area contributed by atoms with Gasteiger partial charge in [0, 0.05) is 77.6 Å². The van der Waals surface area contributed by atoms with Crippen molar-refractivity contribution in [1.29, 1.82) is 0 Å². The van der Waals surface area contributed by atoms with Gasteiger partial charge in [0.05, 0.1) is 22.8 Å². The molecule has 0 atom stereocenters. The zero-order chi connectivity index (χ0) is 76.7. The number of fused-ring (bicyclic) bond motifs is 6. The molecule has 2 aliphatic rings. The third-order valence-electron chi connectivity index (χ3n) is 21.9. The van der Waals surface area contributed by atoms with Crippen LogP contribution in [0.2, 0.25) is 0 Å². The third kappa shape index (κ3) is 13.6. The van der Waals surface area contributed by atoms with Crippen LogP contribution in [0.15, 0.2) is 376 Å². The van der Waals surface area contributed by atoms with Crippen LogP contribution in [0.4, 0.5) is 0 Å². The molecule has 18 aromatic rings. The smallest absolute Gasteiger partial charge is 0.164 e. The fraction of sp³-hybridized carbons (Fsp3) is 0.0577. The maximum absolute atomic E-state index is 5.15. The second-order valence-electron chi connectivity index (χ2n) is 29.9. The molecule has 0 saturated heterocycles. The van der Waals surface area contributed by atoms with Crippen molar-refractivity contribution in [2.45, 2.75) is 38.5 Å². The zero-order valence-corrected chi connectivity index (χ0v) is 63.3. The molecule has 0 spiro atoms. The Kier molecular flexibility index (Phi) is 18.1. The van der Waals surface area contributed by atoms with Crippen LogP contribution in [0.1, 0.15) is 49.9 Å². The predicted octanol–water partition coefficient (Wildman–Crippen LogP) is 25.3. The lowest BCUT2D eigenvalue weighted by Gasteiger charge is -2.22. The number of aromatic nitrogens is 10. The standard InChI is InChI=1S/2C52H37N5/c1-52(2)44-24-13-12-23-42(44)43-30-29-40(32-45(43)52)47-33-46(53-48(54-47)36-15-6-3-7-16-36)35-27-25-34(26-28-35)39-21-14-22-41(31-39)51-56-49(37-17-8-4-9-18-37)55-50(57-51)38-19-10-5-11-20-38;1-52(2)44-24-13-12-23-42(44)43-30-29-41(32-45(43)52)51-56-49(38-19-10-5-11-20-38)55-50(57-51)40-22-14-21-39(31-40)34-25-27-36(28-26-34)47-33-46(35-15-6-3-7-16-35)53-48(54-47)37-17-8-4-9-18-37/h2*3-33H,1-2H3. The van der Waals surface area contributed by atoms with Crippen LogP contribution in [0.5, 0.6) is 0 Å². The lowest BCUT2D eigenvalue weighted by atomic mass is 9.82. The Balaban J connectivity index is 0.000000153. The van der Waals surface area contributed by atoms with E-state index in [1.165, 1.54) is 44.5 Å². The van der Waals surface area contributed by atoms with E-state index >= 15 is 0 Å². The molecule has 20 rings (SSSR count). The minimum Gasteiger partial charge on any atom is -0.228 e. The van der Waals surface area contributed by atoms with Crippen LogP contribution < -0.4 is 0 Å². The largest absolute Gasteiger partial charge is 0.228 e. The van der Waals surface area contributed by atoms with Crippen molar-refractivity contribution in [2.24, 2.45) is 0 Å². The highest BCUT2D eigenvalue weighted by atomic mass is 15.0. The van der Waals surface area contributed by atoms with Gasteiger partial charge in [-0.15, -0.1) is 0 Å². The molecule has 14 aromatic carbocycles. The van der Waals surface area contributed by atoms with Gasteiger partial charge in [0.1, 0.15) is 0 Å². The van der Waals surface area contributed by atoms with Crippen LogP contribution in [0.25, 0.3) is 181 Å². The highest BCUT2D eigenvalue weighted by molar-refractivity contribution is 5.87. The Hall–Kier alpha value is -14.7. The summed E-state index contributed by atoms with van der Waals surface area (Å²) in [6, 6.07) is 130. The van der Waals surface area contributed by atoms with E-state index in [0.29, 0.717) is 46.6 Å². The molecule has 0 N–H and O–H groups in total. The van der Waals surface area contributed by atoms with Gasteiger partial charge in [0.25, 0.3) is 0 Å². The number of hydrogen-bond donors (Lipinski definition) is 0. The maximum Gasteiger partial charge on any atom is 0.164 e. The van der Waals surface area contributed by atoms with E-state index in [9.17, 15) is 0 Å². The van der Waals surface area contributed by atoms with Crippen molar-refractivity contribution >= 4 is 0 Å². The monoisotopic (exact) mass is 1460 g/mol. The summed E-state index contributed by atoms with van der Waals surface area (Å²) in [6.45, 7) is 9.22. The maximum atomic E-state index is 5.15. The summed E-state index contributed by atoms with van der Waals surface area (Å²) in [5.41, 5.74) is 29.8. The summed E-state index contributed by atoms with van der Waals surface area (Å²) in [4.78, 5) is 50.3. The van der Waals surface area contributed by atoms with Crippen molar-refractivity contribution < 1.29 is 0 Å². The SMILES string of the molecule is CC1(C)c2ccccc2-c2ccc(-c3cc(-c4ccc(-c5cccc(-c6nc(-c7ccccc7)nc(-c7ccccc7)n6)c5)cc4)nc(-c4ccccc4)n3)cc21.CC1(C)c2ccccc2-c2ccc(-c3nc(-c4ccccc4)nc(-c4cccc(-c5ccc(-c6cc(-c7ccccc7)nc(-c7ccccc7)n6)cc5)c4)n3)cc21. The quantitative estimate of drug-likeness (QED) is 0.104. The lowest BCUT2D eigenvalue weighted by molar-refractivity contribution is 0.660. The topological polar surface area (TPSA) is 129 Å². The molecule has 10 nitrogen and oxygen atoms in total. The number of nitrogens with zero attached hydrogens (tertiary/aromatic N) is 10. The summed E-state index contributed by atoms with van der Waals surface area (Å²) in [5.74, 6) is 5.23. The first-order valence-electron chi connectivity index (χ1n) is 38.5. The Morgan fingerprint density at radius 1 is 0.140 bits per heavy atom. The van der Waals surface area contributed by atoms with Gasteiger partial charge in [-0.3, -0.25) is 0 Å². The predicted molar refractivity (Wildman–Crippen MR) is 462 cm³/mol. The summed E-state index contributed by atoms with van der Waals surface area (Å²) in [7, 11) is 0. The summed E-state index contributed by atoms with van der Waals surface area (Å²) < 4.78 is 0. The van der Waals surface area contributed by atoms with Crippen LogP contribution in [-0.2, 0) is 10.8 Å². The van der Waals surface area contributed by atoms with Gasteiger partial charge in [0.2, 0.25) is 0 Å². The van der Waals surface area contributed by atoms with E-state index < -0.39 is 0 Å². The molecule has 4 heterocycles. The second kappa shape index (κ2) is 29.6. The van der Waals surface area contributed by atoms with Gasteiger partial charge in [-0.25, -0.2) is 49.8 Å². The van der Waals surface area contributed by atoms with Crippen LogP contribution in [-0.4, -0.2) is 49.8 Å². The highest BCUT2D eigenvalue weighted by Crippen LogP contribution is 2.51. The van der Waals surface area contributed by atoms with Crippen molar-refractivity contribution in [3.05, 3.63) is 398 Å². The molecule has 0 unspecified atom stereocenters. The van der Waals surface area contributed by atoms with E-state index in [1.807, 2.05) is 158 Å².